The van der Waals surface area contributed by atoms with E-state index in [1.807, 2.05) is 60.9 Å². The quantitative estimate of drug-likeness (QED) is 0.176. The smallest absolute Gasteiger partial charge is 0.160 e. The zero-order chi connectivity index (χ0) is 35.9. The van der Waals surface area contributed by atoms with Gasteiger partial charge < -0.3 is 0 Å². The molecule has 6 aromatic carbocycles. The Balaban J connectivity index is 1.20. The zero-order valence-corrected chi connectivity index (χ0v) is 29.5. The summed E-state index contributed by atoms with van der Waals surface area (Å²) >= 11 is 0. The molecule has 4 nitrogen and oxygen atoms in total. The first-order chi connectivity index (χ1) is 25.9. The first kappa shape index (κ1) is 32.0. The number of hydrogen-bond acceptors (Lipinski definition) is 4. The second-order valence-corrected chi connectivity index (χ2v) is 14.1. The number of aromatic nitrogens is 3. The third-order valence-electron chi connectivity index (χ3n) is 10.4. The van der Waals surface area contributed by atoms with Gasteiger partial charge in [-0.2, -0.15) is 5.26 Å². The minimum absolute atomic E-state index is 0.206. The van der Waals surface area contributed by atoms with E-state index in [9.17, 15) is 5.26 Å². The fraction of sp³-hybridized carbons (Fsp3) is 0.0612. The summed E-state index contributed by atoms with van der Waals surface area (Å²) in [6, 6.07) is 57.3. The number of benzene rings is 6. The van der Waals surface area contributed by atoms with Crippen molar-refractivity contribution in [1.82, 2.24) is 15.0 Å². The van der Waals surface area contributed by atoms with Crippen LogP contribution in [-0.2, 0) is 5.41 Å². The van der Waals surface area contributed by atoms with Crippen molar-refractivity contribution in [2.24, 2.45) is 0 Å². The predicted octanol–water partition coefficient (Wildman–Crippen LogP) is 12.1. The van der Waals surface area contributed by atoms with Crippen LogP contribution in [0.2, 0.25) is 0 Å². The Bertz CT molecular complexity index is 2670. The second-order valence-electron chi connectivity index (χ2n) is 14.1. The molecule has 0 aliphatic heterocycles. The second kappa shape index (κ2) is 13.0. The van der Waals surface area contributed by atoms with Gasteiger partial charge >= 0.3 is 0 Å². The van der Waals surface area contributed by atoms with Gasteiger partial charge in [-0.25, -0.2) is 9.97 Å². The van der Waals surface area contributed by atoms with Gasteiger partial charge in [-0.3, -0.25) is 4.98 Å². The van der Waals surface area contributed by atoms with Crippen molar-refractivity contribution in [1.29, 1.82) is 5.26 Å². The van der Waals surface area contributed by atoms with Crippen molar-refractivity contribution in [3.05, 3.63) is 187 Å². The Labute approximate surface area is 309 Å². The maximum atomic E-state index is 9.63. The molecular formula is C49H34N4. The van der Waals surface area contributed by atoms with Gasteiger partial charge in [0.05, 0.1) is 23.0 Å². The van der Waals surface area contributed by atoms with Crippen molar-refractivity contribution in [3.8, 4) is 84.5 Å². The van der Waals surface area contributed by atoms with Crippen LogP contribution >= 0.6 is 0 Å². The van der Waals surface area contributed by atoms with Crippen molar-refractivity contribution >= 4 is 0 Å². The number of nitriles is 1. The van der Waals surface area contributed by atoms with Gasteiger partial charge in [0, 0.05) is 34.5 Å². The van der Waals surface area contributed by atoms with Crippen LogP contribution in [0.3, 0.4) is 0 Å². The first-order valence-electron chi connectivity index (χ1n) is 17.8. The summed E-state index contributed by atoms with van der Waals surface area (Å²) < 4.78 is 0. The van der Waals surface area contributed by atoms with E-state index in [-0.39, 0.29) is 5.41 Å². The summed E-state index contributed by atoms with van der Waals surface area (Å²) in [5.74, 6) is 0.676. The summed E-state index contributed by atoms with van der Waals surface area (Å²) in [6.45, 7) is 4.54. The fourth-order valence-electron chi connectivity index (χ4n) is 7.58. The van der Waals surface area contributed by atoms with Crippen LogP contribution in [0, 0.1) is 11.3 Å². The molecule has 8 aromatic rings. The van der Waals surface area contributed by atoms with Gasteiger partial charge in [0.25, 0.3) is 0 Å². The third-order valence-corrected chi connectivity index (χ3v) is 10.4. The van der Waals surface area contributed by atoms with Crippen LogP contribution in [0.15, 0.2) is 170 Å². The molecule has 0 N–H and O–H groups in total. The van der Waals surface area contributed by atoms with Crippen molar-refractivity contribution in [3.63, 3.8) is 0 Å². The topological polar surface area (TPSA) is 62.5 Å². The van der Waals surface area contributed by atoms with Gasteiger partial charge in [0.15, 0.2) is 5.82 Å². The molecule has 250 valence electrons. The number of fused-ring (bicyclic) bond motifs is 3. The van der Waals surface area contributed by atoms with Crippen LogP contribution in [0.4, 0.5) is 0 Å². The largest absolute Gasteiger partial charge is 0.265 e. The summed E-state index contributed by atoms with van der Waals surface area (Å²) in [6.07, 6.45) is 3.67. The highest BCUT2D eigenvalue weighted by molar-refractivity contribution is 5.87. The Morgan fingerprint density at radius 2 is 1.00 bits per heavy atom. The van der Waals surface area contributed by atoms with Gasteiger partial charge in [-0.15, -0.1) is 0 Å². The molecule has 1 aliphatic rings. The van der Waals surface area contributed by atoms with Gasteiger partial charge in [0.2, 0.25) is 0 Å². The third kappa shape index (κ3) is 5.89. The van der Waals surface area contributed by atoms with Crippen LogP contribution in [0.1, 0.15) is 30.5 Å². The SMILES string of the molecule is CC1(C)c2ccc(C#N)cc2-c2ccc(-c3cc(-c4ccncc4)cc(-c4cc(-c5ccc(-c6ccccc6)cc5)nc(-c5ccccc5)n4)c3)cc21. The number of nitrogens with zero attached hydrogens (tertiary/aromatic N) is 4. The molecule has 0 unspecified atom stereocenters. The highest BCUT2D eigenvalue weighted by atomic mass is 14.9. The van der Waals surface area contributed by atoms with E-state index < -0.39 is 0 Å². The van der Waals surface area contributed by atoms with Gasteiger partial charge in [-0.1, -0.05) is 117 Å². The number of pyridine rings is 1. The van der Waals surface area contributed by atoms with Crippen molar-refractivity contribution < 1.29 is 0 Å². The van der Waals surface area contributed by atoms with E-state index in [1.165, 1.54) is 22.3 Å². The molecule has 53 heavy (non-hydrogen) atoms. The summed E-state index contributed by atoms with van der Waals surface area (Å²) in [7, 11) is 0. The maximum absolute atomic E-state index is 9.63. The molecule has 9 rings (SSSR count). The molecule has 2 heterocycles. The highest BCUT2D eigenvalue weighted by Crippen LogP contribution is 2.50. The van der Waals surface area contributed by atoms with Crippen LogP contribution in [0.25, 0.3) is 78.4 Å². The lowest BCUT2D eigenvalue weighted by Crippen LogP contribution is -2.15. The molecule has 0 radical (unpaired) electrons. The first-order valence-corrected chi connectivity index (χ1v) is 17.8. The highest BCUT2D eigenvalue weighted by Gasteiger charge is 2.35. The van der Waals surface area contributed by atoms with Gasteiger partial charge in [-0.05, 0) is 110 Å². The Hall–Kier alpha value is -6.96. The molecule has 0 atom stereocenters. The Morgan fingerprint density at radius 3 is 1.70 bits per heavy atom. The number of rotatable bonds is 6. The van der Waals surface area contributed by atoms with Gasteiger partial charge in [0.1, 0.15) is 0 Å². The van der Waals surface area contributed by atoms with Crippen LogP contribution in [0.5, 0.6) is 0 Å². The summed E-state index contributed by atoms with van der Waals surface area (Å²) in [5.41, 5.74) is 16.7. The van der Waals surface area contributed by atoms with Crippen molar-refractivity contribution in [2.45, 2.75) is 19.3 Å². The zero-order valence-electron chi connectivity index (χ0n) is 29.5. The lowest BCUT2D eigenvalue weighted by molar-refractivity contribution is 0.660. The van der Waals surface area contributed by atoms with E-state index in [0.717, 1.165) is 61.5 Å². The minimum Gasteiger partial charge on any atom is -0.265 e. The van der Waals surface area contributed by atoms with E-state index in [1.54, 1.807) is 0 Å². The fourth-order valence-corrected chi connectivity index (χ4v) is 7.58. The molecule has 1 aliphatic carbocycles. The summed E-state index contributed by atoms with van der Waals surface area (Å²) in [4.78, 5) is 14.6. The molecule has 0 spiro atoms. The molecule has 0 bridgehead atoms. The van der Waals surface area contributed by atoms with E-state index in [0.29, 0.717) is 11.4 Å². The average molecular weight is 679 g/mol. The number of hydrogen-bond donors (Lipinski definition) is 0. The molecule has 0 fully saturated rings. The van der Waals surface area contributed by atoms with E-state index in [2.05, 4.69) is 134 Å². The standard InChI is InChI=1S/C49H34N4/c1-49(2)44-20-13-32(31-50)25-43(44)42-19-18-38(29-45(42)49)40-26-39(35-21-23-51-24-22-35)27-41(28-40)47-30-46(52-48(53-47)37-11-7-4-8-12-37)36-16-14-34(15-17-36)33-9-5-3-6-10-33/h3-30H,1-2H3. The maximum Gasteiger partial charge on any atom is 0.160 e. The Kier molecular flexibility index (Phi) is 7.83. The molecule has 0 saturated carbocycles. The average Bonchev–Trinajstić information content (AvgIpc) is 3.46. The molecule has 0 saturated heterocycles. The predicted molar refractivity (Wildman–Crippen MR) is 215 cm³/mol. The molecule has 4 heteroatoms. The minimum atomic E-state index is -0.206. The Morgan fingerprint density at radius 1 is 0.434 bits per heavy atom. The van der Waals surface area contributed by atoms with E-state index in [4.69, 9.17) is 9.97 Å². The van der Waals surface area contributed by atoms with Crippen LogP contribution in [-0.4, -0.2) is 15.0 Å². The molecule has 0 amide bonds. The monoisotopic (exact) mass is 678 g/mol. The lowest BCUT2D eigenvalue weighted by atomic mass is 9.81. The normalized spacial score (nSPS) is 12.5. The molecular weight excluding hydrogens is 645 g/mol. The van der Waals surface area contributed by atoms with Crippen LogP contribution < -0.4 is 0 Å². The molecule has 2 aromatic heterocycles. The lowest BCUT2D eigenvalue weighted by Gasteiger charge is -2.22. The summed E-state index contributed by atoms with van der Waals surface area (Å²) in [5, 5.41) is 9.63. The van der Waals surface area contributed by atoms with Crippen molar-refractivity contribution in [2.75, 3.05) is 0 Å². The van der Waals surface area contributed by atoms with E-state index >= 15 is 0 Å².